The molecule has 0 heterocycles. The van der Waals surface area contributed by atoms with Gasteiger partial charge in [-0.15, -0.1) is 0 Å². The fraction of sp³-hybridized carbons (Fsp3) is 0.300. The lowest BCUT2D eigenvalue weighted by Crippen LogP contribution is -2.15. The van der Waals surface area contributed by atoms with Gasteiger partial charge in [0.1, 0.15) is 11.6 Å². The predicted octanol–water partition coefficient (Wildman–Crippen LogP) is 1.36. The molecule has 3 nitrogen and oxygen atoms in total. The Balaban J connectivity index is 3.02. The topological polar surface area (TPSA) is 51.2 Å². The van der Waals surface area contributed by atoms with Gasteiger partial charge < -0.3 is 0 Å². The first-order valence-corrected chi connectivity index (χ1v) is 6.33. The van der Waals surface area contributed by atoms with E-state index in [2.05, 4.69) is 0 Å². The standard InChI is InChI=1S/C10H11FO3S/c1-7-5-8(11)3-4-9(7)10(12)6-15(2,13)14/h3-5H,6H2,1-2H3. The molecule has 1 rings (SSSR count). The minimum absolute atomic E-state index is 0.252. The third kappa shape index (κ3) is 3.43. The quantitative estimate of drug-likeness (QED) is 0.737. The van der Waals surface area contributed by atoms with E-state index in [-0.39, 0.29) is 5.56 Å². The molecule has 0 unspecified atom stereocenters. The molecule has 1 aromatic rings. The van der Waals surface area contributed by atoms with Crippen LogP contribution in [-0.4, -0.2) is 26.2 Å². The summed E-state index contributed by atoms with van der Waals surface area (Å²) in [5, 5.41) is 0. The third-order valence-electron chi connectivity index (χ3n) is 1.88. The first-order valence-electron chi connectivity index (χ1n) is 4.26. The van der Waals surface area contributed by atoms with Crippen molar-refractivity contribution >= 4 is 15.6 Å². The van der Waals surface area contributed by atoms with E-state index < -0.39 is 27.2 Å². The van der Waals surface area contributed by atoms with Crippen LogP contribution in [0.3, 0.4) is 0 Å². The molecular weight excluding hydrogens is 219 g/mol. The van der Waals surface area contributed by atoms with E-state index >= 15 is 0 Å². The zero-order chi connectivity index (χ0) is 11.6. The van der Waals surface area contributed by atoms with Gasteiger partial charge in [0, 0.05) is 11.8 Å². The number of carbonyl (C=O) groups is 1. The molecule has 0 atom stereocenters. The van der Waals surface area contributed by atoms with Gasteiger partial charge in [-0.05, 0) is 30.7 Å². The molecule has 0 radical (unpaired) electrons. The molecular formula is C10H11FO3S. The molecule has 0 spiro atoms. The van der Waals surface area contributed by atoms with Crippen LogP contribution >= 0.6 is 0 Å². The maximum Gasteiger partial charge on any atom is 0.178 e. The summed E-state index contributed by atoms with van der Waals surface area (Å²) in [6.07, 6.45) is 0.990. The minimum atomic E-state index is -3.34. The van der Waals surface area contributed by atoms with Gasteiger partial charge in [-0.3, -0.25) is 4.79 Å². The molecule has 0 aliphatic carbocycles. The second-order valence-electron chi connectivity index (χ2n) is 3.45. The molecule has 0 aromatic heterocycles. The Bertz CT molecular complexity index is 491. The zero-order valence-electron chi connectivity index (χ0n) is 8.45. The summed E-state index contributed by atoms with van der Waals surface area (Å²) in [7, 11) is -3.34. The van der Waals surface area contributed by atoms with E-state index in [4.69, 9.17) is 0 Å². The summed E-state index contributed by atoms with van der Waals surface area (Å²) in [6.45, 7) is 1.57. The van der Waals surface area contributed by atoms with Gasteiger partial charge in [0.15, 0.2) is 15.6 Å². The van der Waals surface area contributed by atoms with Crippen molar-refractivity contribution in [3.63, 3.8) is 0 Å². The van der Waals surface area contributed by atoms with E-state index in [0.29, 0.717) is 5.56 Å². The lowest BCUT2D eigenvalue weighted by molar-refractivity contribution is 0.102. The van der Waals surface area contributed by atoms with Crippen LogP contribution in [0.5, 0.6) is 0 Å². The molecule has 0 aliphatic rings. The van der Waals surface area contributed by atoms with Gasteiger partial charge in [-0.2, -0.15) is 0 Å². The average Bonchev–Trinajstić information content (AvgIpc) is 1.99. The highest BCUT2D eigenvalue weighted by molar-refractivity contribution is 7.91. The van der Waals surface area contributed by atoms with Gasteiger partial charge in [0.05, 0.1) is 0 Å². The Morgan fingerprint density at radius 2 is 2.00 bits per heavy atom. The largest absolute Gasteiger partial charge is 0.293 e. The van der Waals surface area contributed by atoms with Crippen LogP contribution in [0.25, 0.3) is 0 Å². The van der Waals surface area contributed by atoms with E-state index in [1.54, 1.807) is 6.92 Å². The molecule has 0 N–H and O–H groups in total. The van der Waals surface area contributed by atoms with Gasteiger partial charge in [-0.25, -0.2) is 12.8 Å². The summed E-state index contributed by atoms with van der Waals surface area (Å²) in [6, 6.07) is 3.65. The highest BCUT2D eigenvalue weighted by Gasteiger charge is 2.15. The van der Waals surface area contributed by atoms with Crippen LogP contribution in [0, 0.1) is 12.7 Å². The number of sulfone groups is 1. The lowest BCUT2D eigenvalue weighted by atomic mass is 10.1. The number of carbonyl (C=O) groups excluding carboxylic acids is 1. The Morgan fingerprint density at radius 1 is 1.40 bits per heavy atom. The van der Waals surface area contributed by atoms with Crippen LogP contribution in [0.4, 0.5) is 4.39 Å². The molecule has 0 saturated carbocycles. The molecule has 0 saturated heterocycles. The zero-order valence-corrected chi connectivity index (χ0v) is 9.27. The van der Waals surface area contributed by atoms with Crippen molar-refractivity contribution in [2.75, 3.05) is 12.0 Å². The first kappa shape index (κ1) is 11.8. The van der Waals surface area contributed by atoms with E-state index in [0.717, 1.165) is 12.3 Å². The van der Waals surface area contributed by atoms with Crippen molar-refractivity contribution in [3.8, 4) is 0 Å². The number of Topliss-reactive ketones (excluding diaryl/α,β-unsaturated/α-hetero) is 1. The first-order chi connectivity index (χ1) is 6.79. The van der Waals surface area contributed by atoms with Gasteiger partial charge in [-0.1, -0.05) is 0 Å². The Labute approximate surface area is 87.8 Å². The number of rotatable bonds is 3. The fourth-order valence-corrected chi connectivity index (χ4v) is 1.89. The lowest BCUT2D eigenvalue weighted by Gasteiger charge is -2.03. The third-order valence-corrected chi connectivity index (χ3v) is 2.67. The van der Waals surface area contributed by atoms with Crippen molar-refractivity contribution in [2.45, 2.75) is 6.92 Å². The number of ketones is 1. The summed E-state index contributed by atoms with van der Waals surface area (Å²) in [5.74, 6) is -1.49. The molecule has 0 aliphatic heterocycles. The Hall–Kier alpha value is -1.23. The molecule has 0 amide bonds. The van der Waals surface area contributed by atoms with E-state index in [1.807, 2.05) is 0 Å². The van der Waals surface area contributed by atoms with Gasteiger partial charge in [0.25, 0.3) is 0 Å². The van der Waals surface area contributed by atoms with Crippen molar-refractivity contribution in [1.29, 1.82) is 0 Å². The van der Waals surface area contributed by atoms with Crippen LogP contribution in [-0.2, 0) is 9.84 Å². The number of benzene rings is 1. The monoisotopic (exact) mass is 230 g/mol. The molecule has 5 heteroatoms. The van der Waals surface area contributed by atoms with Gasteiger partial charge >= 0.3 is 0 Å². The number of hydrogen-bond donors (Lipinski definition) is 0. The molecule has 1 aromatic carbocycles. The highest BCUT2D eigenvalue weighted by Crippen LogP contribution is 2.11. The molecule has 0 bridgehead atoms. The summed E-state index contributed by atoms with van der Waals surface area (Å²) in [5.41, 5.74) is 0.700. The van der Waals surface area contributed by atoms with Crippen LogP contribution in [0.15, 0.2) is 18.2 Å². The van der Waals surface area contributed by atoms with Crippen LogP contribution in [0.2, 0.25) is 0 Å². The Kier molecular flexibility index (Phi) is 3.24. The van der Waals surface area contributed by atoms with Crippen LogP contribution < -0.4 is 0 Å². The number of halogens is 1. The number of aryl methyl sites for hydroxylation is 1. The summed E-state index contributed by atoms with van der Waals surface area (Å²) < 4.78 is 34.5. The maximum absolute atomic E-state index is 12.7. The van der Waals surface area contributed by atoms with E-state index in [1.165, 1.54) is 12.1 Å². The van der Waals surface area contributed by atoms with Crippen molar-refractivity contribution in [1.82, 2.24) is 0 Å². The van der Waals surface area contributed by atoms with Crippen molar-refractivity contribution < 1.29 is 17.6 Å². The van der Waals surface area contributed by atoms with Crippen molar-refractivity contribution in [3.05, 3.63) is 35.1 Å². The number of hydrogen-bond acceptors (Lipinski definition) is 3. The summed E-state index contributed by atoms with van der Waals surface area (Å²) >= 11 is 0. The minimum Gasteiger partial charge on any atom is -0.293 e. The molecule has 0 fully saturated rings. The van der Waals surface area contributed by atoms with Gasteiger partial charge in [0.2, 0.25) is 0 Å². The average molecular weight is 230 g/mol. The fourth-order valence-electron chi connectivity index (χ4n) is 1.26. The second-order valence-corrected chi connectivity index (χ2v) is 5.59. The summed E-state index contributed by atoms with van der Waals surface area (Å²) in [4.78, 5) is 11.5. The normalized spacial score (nSPS) is 11.4. The predicted molar refractivity (Wildman–Crippen MR) is 55.2 cm³/mol. The molecule has 15 heavy (non-hydrogen) atoms. The highest BCUT2D eigenvalue weighted by atomic mass is 32.2. The Morgan fingerprint density at radius 3 is 2.47 bits per heavy atom. The second kappa shape index (κ2) is 4.10. The van der Waals surface area contributed by atoms with E-state index in [9.17, 15) is 17.6 Å². The van der Waals surface area contributed by atoms with Crippen molar-refractivity contribution in [2.24, 2.45) is 0 Å². The molecule has 82 valence electrons. The SMILES string of the molecule is Cc1cc(F)ccc1C(=O)CS(C)(=O)=O. The van der Waals surface area contributed by atoms with Crippen LogP contribution in [0.1, 0.15) is 15.9 Å². The smallest absolute Gasteiger partial charge is 0.178 e. The maximum atomic E-state index is 12.7.